The van der Waals surface area contributed by atoms with Gasteiger partial charge in [-0.25, -0.2) is 0 Å². The molecule has 1 N–H and O–H groups in total. The number of benzene rings is 1. The summed E-state index contributed by atoms with van der Waals surface area (Å²) in [6.07, 6.45) is 3.69. The maximum Gasteiger partial charge on any atom is 0.232 e. The van der Waals surface area contributed by atoms with Crippen LogP contribution >= 0.6 is 0 Å². The van der Waals surface area contributed by atoms with Gasteiger partial charge in [0.2, 0.25) is 17.6 Å². The zero-order chi connectivity index (χ0) is 15.8. The molecule has 0 saturated carbocycles. The Morgan fingerprint density at radius 1 is 1.30 bits per heavy atom. The van der Waals surface area contributed by atoms with Crippen molar-refractivity contribution in [3.05, 3.63) is 48.1 Å². The summed E-state index contributed by atoms with van der Waals surface area (Å²) < 4.78 is 5.38. The first-order valence-electron chi connectivity index (χ1n) is 7.40. The number of carbonyl (C=O) groups excluding carboxylic acids is 1. The first-order chi connectivity index (χ1) is 11.2. The summed E-state index contributed by atoms with van der Waals surface area (Å²) in [5, 5.41) is 10.6. The Morgan fingerprint density at radius 2 is 2.13 bits per heavy atom. The van der Waals surface area contributed by atoms with Gasteiger partial charge < -0.3 is 9.42 Å². The zero-order valence-corrected chi connectivity index (χ0v) is 12.6. The van der Waals surface area contributed by atoms with Crippen molar-refractivity contribution in [3.63, 3.8) is 0 Å². The first-order valence-corrected chi connectivity index (χ1v) is 7.40. The molecule has 3 heterocycles. The second kappa shape index (κ2) is 5.35. The van der Waals surface area contributed by atoms with Gasteiger partial charge in [0.05, 0.1) is 17.8 Å². The van der Waals surface area contributed by atoms with E-state index in [2.05, 4.69) is 20.3 Å². The number of carbonyl (C=O) groups is 1. The molecule has 1 unspecified atom stereocenters. The fourth-order valence-electron chi connectivity index (χ4n) is 2.74. The molecule has 1 aliphatic heterocycles. The van der Waals surface area contributed by atoms with Crippen molar-refractivity contribution < 1.29 is 9.32 Å². The van der Waals surface area contributed by atoms with Gasteiger partial charge in [-0.15, -0.1) is 0 Å². The second-order valence-corrected chi connectivity index (χ2v) is 5.68. The third-order valence-corrected chi connectivity index (χ3v) is 4.02. The standard InChI is InChI=1S/C16H15N5O2/c1-10-2-4-11(5-3-10)15-19-16(23-20-15)12-6-14(22)21(9-12)13-7-17-18-8-13/h2-5,7-8,12H,6,9H2,1H3,(H,17,18). The van der Waals surface area contributed by atoms with Crippen LogP contribution in [0, 0.1) is 6.92 Å². The molecule has 7 heteroatoms. The Labute approximate surface area is 132 Å². The summed E-state index contributed by atoms with van der Waals surface area (Å²) in [4.78, 5) is 18.3. The summed E-state index contributed by atoms with van der Waals surface area (Å²) in [5.74, 6) is 0.990. The van der Waals surface area contributed by atoms with Crippen molar-refractivity contribution in [2.45, 2.75) is 19.3 Å². The lowest BCUT2D eigenvalue weighted by Crippen LogP contribution is -2.23. The number of aryl methyl sites for hydroxylation is 1. The lowest BCUT2D eigenvalue weighted by molar-refractivity contribution is -0.117. The normalized spacial score (nSPS) is 17.9. The van der Waals surface area contributed by atoms with E-state index in [4.69, 9.17) is 4.52 Å². The van der Waals surface area contributed by atoms with Crippen LogP contribution in [0.1, 0.15) is 23.8 Å². The first kappa shape index (κ1) is 13.7. The van der Waals surface area contributed by atoms with Crippen molar-refractivity contribution in [1.29, 1.82) is 0 Å². The van der Waals surface area contributed by atoms with Crippen molar-refractivity contribution in [2.24, 2.45) is 0 Å². The maximum absolute atomic E-state index is 12.2. The molecule has 3 aromatic rings. The molecule has 0 spiro atoms. The number of hydrogen-bond donors (Lipinski definition) is 1. The Hall–Kier alpha value is -2.96. The number of aromatic amines is 1. The topological polar surface area (TPSA) is 87.9 Å². The van der Waals surface area contributed by atoms with E-state index in [1.807, 2.05) is 31.2 Å². The number of rotatable bonds is 3. The molecular formula is C16H15N5O2. The van der Waals surface area contributed by atoms with E-state index in [0.717, 1.165) is 11.3 Å². The minimum atomic E-state index is -0.0934. The molecule has 1 atom stereocenters. The average molecular weight is 309 g/mol. The van der Waals surface area contributed by atoms with E-state index in [9.17, 15) is 4.79 Å². The van der Waals surface area contributed by atoms with Crippen LogP contribution in [-0.4, -0.2) is 32.8 Å². The summed E-state index contributed by atoms with van der Waals surface area (Å²) >= 11 is 0. The van der Waals surface area contributed by atoms with Crippen molar-refractivity contribution in [2.75, 3.05) is 11.4 Å². The fraction of sp³-hybridized carbons (Fsp3) is 0.250. The SMILES string of the molecule is Cc1ccc(-c2noc(C3CC(=O)N(c4cn[nH]c4)C3)n2)cc1. The predicted octanol–water partition coefficient (Wildman–Crippen LogP) is 2.29. The summed E-state index contributed by atoms with van der Waals surface area (Å²) in [5.41, 5.74) is 2.84. The molecular weight excluding hydrogens is 294 g/mol. The van der Waals surface area contributed by atoms with Gasteiger partial charge in [-0.05, 0) is 6.92 Å². The van der Waals surface area contributed by atoms with Crippen molar-refractivity contribution in [3.8, 4) is 11.4 Å². The lowest BCUT2D eigenvalue weighted by atomic mass is 10.1. The third-order valence-electron chi connectivity index (χ3n) is 4.02. The highest BCUT2D eigenvalue weighted by molar-refractivity contribution is 5.96. The van der Waals surface area contributed by atoms with Crippen LogP contribution in [0.4, 0.5) is 5.69 Å². The summed E-state index contributed by atoms with van der Waals surface area (Å²) in [6.45, 7) is 2.55. The highest BCUT2D eigenvalue weighted by atomic mass is 16.5. The minimum Gasteiger partial charge on any atom is -0.339 e. The van der Waals surface area contributed by atoms with Gasteiger partial charge in [0.1, 0.15) is 0 Å². The van der Waals surface area contributed by atoms with E-state index < -0.39 is 0 Å². The van der Waals surface area contributed by atoms with Crippen LogP contribution < -0.4 is 4.90 Å². The molecule has 1 aromatic carbocycles. The average Bonchev–Trinajstić information content (AvgIpc) is 3.27. The fourth-order valence-corrected chi connectivity index (χ4v) is 2.74. The number of nitrogens with zero attached hydrogens (tertiary/aromatic N) is 4. The highest BCUT2D eigenvalue weighted by Crippen LogP contribution is 2.31. The van der Waals surface area contributed by atoms with Crippen LogP contribution in [0.15, 0.2) is 41.2 Å². The summed E-state index contributed by atoms with van der Waals surface area (Å²) in [7, 11) is 0. The molecule has 0 aliphatic carbocycles. The van der Waals surface area contributed by atoms with Gasteiger partial charge >= 0.3 is 0 Å². The van der Waals surface area contributed by atoms with Gasteiger partial charge in [0.25, 0.3) is 0 Å². The number of H-pyrrole nitrogens is 1. The highest BCUT2D eigenvalue weighted by Gasteiger charge is 2.35. The van der Waals surface area contributed by atoms with Crippen LogP contribution in [0.3, 0.4) is 0 Å². The number of aromatic nitrogens is 4. The van der Waals surface area contributed by atoms with Crippen LogP contribution in [0.5, 0.6) is 0 Å². The second-order valence-electron chi connectivity index (χ2n) is 5.68. The molecule has 4 rings (SSSR count). The van der Waals surface area contributed by atoms with E-state index in [1.165, 1.54) is 5.56 Å². The third kappa shape index (κ3) is 2.50. The monoisotopic (exact) mass is 309 g/mol. The molecule has 116 valence electrons. The molecule has 2 aromatic heterocycles. The Kier molecular flexibility index (Phi) is 3.18. The van der Waals surface area contributed by atoms with Gasteiger partial charge in [0, 0.05) is 24.7 Å². The molecule has 7 nitrogen and oxygen atoms in total. The van der Waals surface area contributed by atoms with E-state index in [-0.39, 0.29) is 11.8 Å². The van der Waals surface area contributed by atoms with Gasteiger partial charge in [0.15, 0.2) is 0 Å². The summed E-state index contributed by atoms with van der Waals surface area (Å²) in [6, 6.07) is 7.93. The number of hydrogen-bond acceptors (Lipinski definition) is 5. The Balaban J connectivity index is 1.56. The number of anilines is 1. The van der Waals surface area contributed by atoms with E-state index in [1.54, 1.807) is 17.3 Å². The minimum absolute atomic E-state index is 0.0338. The van der Waals surface area contributed by atoms with Crippen LogP contribution in [-0.2, 0) is 4.79 Å². The number of nitrogens with one attached hydrogen (secondary N) is 1. The Morgan fingerprint density at radius 3 is 2.87 bits per heavy atom. The predicted molar refractivity (Wildman–Crippen MR) is 82.8 cm³/mol. The molecule has 1 amide bonds. The smallest absolute Gasteiger partial charge is 0.232 e. The molecule has 1 fully saturated rings. The molecule has 1 aliphatic rings. The van der Waals surface area contributed by atoms with Crippen molar-refractivity contribution in [1.82, 2.24) is 20.3 Å². The van der Waals surface area contributed by atoms with Crippen molar-refractivity contribution >= 4 is 11.6 Å². The van der Waals surface area contributed by atoms with Gasteiger partial charge in [-0.3, -0.25) is 9.89 Å². The van der Waals surface area contributed by atoms with Gasteiger partial charge in [-0.1, -0.05) is 35.0 Å². The molecule has 0 bridgehead atoms. The molecule has 1 saturated heterocycles. The van der Waals surface area contributed by atoms with E-state index in [0.29, 0.717) is 24.7 Å². The zero-order valence-electron chi connectivity index (χ0n) is 12.6. The quantitative estimate of drug-likeness (QED) is 0.802. The largest absolute Gasteiger partial charge is 0.339 e. The Bertz CT molecular complexity index is 823. The molecule has 0 radical (unpaired) electrons. The van der Waals surface area contributed by atoms with Crippen LogP contribution in [0.2, 0.25) is 0 Å². The van der Waals surface area contributed by atoms with Gasteiger partial charge in [-0.2, -0.15) is 10.1 Å². The van der Waals surface area contributed by atoms with Crippen LogP contribution in [0.25, 0.3) is 11.4 Å². The van der Waals surface area contributed by atoms with E-state index >= 15 is 0 Å². The number of amides is 1. The lowest BCUT2D eigenvalue weighted by Gasteiger charge is -2.12. The maximum atomic E-state index is 12.2. The molecule has 23 heavy (non-hydrogen) atoms.